The number of halogens is 3. The molecule has 2 heterocycles. The van der Waals surface area contributed by atoms with Crippen molar-refractivity contribution < 1.29 is 17.7 Å². The van der Waals surface area contributed by atoms with E-state index in [1.165, 1.54) is 0 Å². The average Bonchev–Trinajstić information content (AvgIpc) is 3.22. The second-order valence-corrected chi connectivity index (χ2v) is 5.61. The van der Waals surface area contributed by atoms with Crippen LogP contribution in [0.5, 0.6) is 0 Å². The quantitative estimate of drug-likeness (QED) is 0.694. The first-order valence-electron chi connectivity index (χ1n) is 7.96. The first kappa shape index (κ1) is 17.2. The smallest absolute Gasteiger partial charge is 0.329 e. The van der Waals surface area contributed by atoms with E-state index < -0.39 is 12.1 Å². The number of aryl methyl sites for hydroxylation is 2. The lowest BCUT2D eigenvalue weighted by Crippen LogP contribution is -2.06. The van der Waals surface area contributed by atoms with Gasteiger partial charge in [-0.05, 0) is 24.5 Å². The van der Waals surface area contributed by atoms with Crippen molar-refractivity contribution in [1.29, 1.82) is 0 Å². The first-order chi connectivity index (χ1) is 11.9. The third-order valence-electron chi connectivity index (χ3n) is 3.85. The fourth-order valence-corrected chi connectivity index (χ4v) is 2.50. The van der Waals surface area contributed by atoms with Crippen LogP contribution in [0.25, 0.3) is 11.4 Å². The van der Waals surface area contributed by atoms with Crippen LogP contribution in [0.3, 0.4) is 0 Å². The number of hydrogen-bond acceptors (Lipinski definition) is 4. The number of alkyl halides is 3. The minimum absolute atomic E-state index is 0.0829. The maximum Gasteiger partial charge on any atom is 0.471 e. The van der Waals surface area contributed by atoms with Gasteiger partial charge in [-0.3, -0.25) is 4.68 Å². The van der Waals surface area contributed by atoms with E-state index >= 15 is 0 Å². The zero-order valence-corrected chi connectivity index (χ0v) is 13.8. The van der Waals surface area contributed by atoms with Crippen LogP contribution in [-0.2, 0) is 25.6 Å². The summed E-state index contributed by atoms with van der Waals surface area (Å²) >= 11 is 0. The molecule has 3 aromatic rings. The number of rotatable bonds is 5. The minimum atomic E-state index is -4.64. The van der Waals surface area contributed by atoms with Crippen LogP contribution < -0.4 is 0 Å². The lowest BCUT2D eigenvalue weighted by atomic mass is 10.1. The topological polar surface area (TPSA) is 56.7 Å². The number of hydrogen-bond donors (Lipinski definition) is 0. The monoisotopic (exact) mass is 350 g/mol. The van der Waals surface area contributed by atoms with Crippen LogP contribution in [0.1, 0.15) is 36.7 Å². The Kier molecular flexibility index (Phi) is 4.61. The Morgan fingerprint density at radius 3 is 2.36 bits per heavy atom. The van der Waals surface area contributed by atoms with Crippen molar-refractivity contribution in [3.8, 4) is 11.4 Å². The van der Waals surface area contributed by atoms with Gasteiger partial charge in [-0.2, -0.15) is 23.3 Å². The summed E-state index contributed by atoms with van der Waals surface area (Å²) in [5.74, 6) is -1.43. The fourth-order valence-electron chi connectivity index (χ4n) is 2.50. The SMILES string of the molecule is CCc1cc(CC)n(Cc2ccc(-c3noc(C(F)(F)F)n3)cc2)n1. The molecule has 0 saturated heterocycles. The maximum atomic E-state index is 12.5. The highest BCUT2D eigenvalue weighted by Gasteiger charge is 2.38. The Labute approximate surface area is 142 Å². The van der Waals surface area contributed by atoms with Gasteiger partial charge in [-0.25, -0.2) is 0 Å². The van der Waals surface area contributed by atoms with Crippen LogP contribution in [0.4, 0.5) is 13.2 Å². The molecule has 0 aliphatic rings. The number of nitrogens with zero attached hydrogens (tertiary/aromatic N) is 4. The molecule has 5 nitrogen and oxygen atoms in total. The molecule has 0 aliphatic heterocycles. The summed E-state index contributed by atoms with van der Waals surface area (Å²) in [6.07, 6.45) is -2.88. The Bertz CT molecular complexity index is 850. The van der Waals surface area contributed by atoms with Crippen molar-refractivity contribution in [3.05, 3.63) is 53.2 Å². The summed E-state index contributed by atoms with van der Waals surface area (Å²) in [5, 5.41) is 7.94. The third kappa shape index (κ3) is 3.72. The Balaban J connectivity index is 1.79. The molecule has 8 heteroatoms. The summed E-state index contributed by atoms with van der Waals surface area (Å²) in [5.41, 5.74) is 3.64. The summed E-state index contributed by atoms with van der Waals surface area (Å²) in [7, 11) is 0. The van der Waals surface area contributed by atoms with Crippen molar-refractivity contribution in [1.82, 2.24) is 19.9 Å². The second-order valence-electron chi connectivity index (χ2n) is 5.61. The zero-order valence-electron chi connectivity index (χ0n) is 13.8. The molecule has 0 radical (unpaired) electrons. The summed E-state index contributed by atoms with van der Waals surface area (Å²) in [6.45, 7) is 4.73. The van der Waals surface area contributed by atoms with E-state index in [2.05, 4.69) is 39.7 Å². The van der Waals surface area contributed by atoms with Gasteiger partial charge in [0.05, 0.1) is 12.2 Å². The standard InChI is InChI=1S/C17H17F3N4O/c1-3-13-9-14(4-2)24(22-13)10-11-5-7-12(8-6-11)15-21-16(25-23-15)17(18,19)20/h5-9H,3-4,10H2,1-2H3. The number of benzene rings is 1. The highest BCUT2D eigenvalue weighted by molar-refractivity contribution is 5.54. The lowest BCUT2D eigenvalue weighted by Gasteiger charge is -2.06. The van der Waals surface area contributed by atoms with E-state index in [1.807, 2.05) is 16.8 Å². The van der Waals surface area contributed by atoms with Gasteiger partial charge < -0.3 is 4.52 Å². The van der Waals surface area contributed by atoms with Crippen molar-refractivity contribution in [2.45, 2.75) is 39.4 Å². The van der Waals surface area contributed by atoms with Gasteiger partial charge in [0.15, 0.2) is 0 Å². The van der Waals surface area contributed by atoms with Gasteiger partial charge in [0.2, 0.25) is 5.82 Å². The van der Waals surface area contributed by atoms with E-state index in [4.69, 9.17) is 0 Å². The molecule has 0 saturated carbocycles. The molecule has 0 amide bonds. The molecule has 2 aromatic heterocycles. The lowest BCUT2D eigenvalue weighted by molar-refractivity contribution is -0.159. The predicted octanol–water partition coefficient (Wildman–Crippen LogP) is 4.13. The molecule has 1 aromatic carbocycles. The first-order valence-corrected chi connectivity index (χ1v) is 7.96. The van der Waals surface area contributed by atoms with Gasteiger partial charge in [0, 0.05) is 11.3 Å². The molecule has 25 heavy (non-hydrogen) atoms. The molecule has 0 unspecified atom stereocenters. The Morgan fingerprint density at radius 1 is 1.08 bits per heavy atom. The fraction of sp³-hybridized carbons (Fsp3) is 0.353. The molecular weight excluding hydrogens is 333 g/mol. The van der Waals surface area contributed by atoms with Gasteiger partial charge in [0.25, 0.3) is 0 Å². The van der Waals surface area contributed by atoms with Crippen molar-refractivity contribution in [2.24, 2.45) is 0 Å². The predicted molar refractivity (Wildman–Crippen MR) is 84.8 cm³/mol. The second kappa shape index (κ2) is 6.70. The van der Waals surface area contributed by atoms with E-state index in [9.17, 15) is 13.2 Å². The maximum absolute atomic E-state index is 12.5. The summed E-state index contributed by atoms with van der Waals surface area (Å²) in [4.78, 5) is 3.39. The number of aromatic nitrogens is 4. The molecule has 0 N–H and O–H groups in total. The molecule has 0 spiro atoms. The van der Waals surface area contributed by atoms with E-state index in [-0.39, 0.29) is 5.82 Å². The minimum Gasteiger partial charge on any atom is -0.329 e. The van der Waals surface area contributed by atoms with Crippen LogP contribution in [0.15, 0.2) is 34.9 Å². The van der Waals surface area contributed by atoms with E-state index in [0.29, 0.717) is 12.1 Å². The van der Waals surface area contributed by atoms with Gasteiger partial charge in [0.1, 0.15) is 0 Å². The molecule has 0 atom stereocenters. The highest BCUT2D eigenvalue weighted by Crippen LogP contribution is 2.29. The van der Waals surface area contributed by atoms with Gasteiger partial charge in [-0.15, -0.1) is 0 Å². The molecule has 0 fully saturated rings. The van der Waals surface area contributed by atoms with Crippen molar-refractivity contribution in [3.63, 3.8) is 0 Å². The van der Waals surface area contributed by atoms with Crippen LogP contribution in [0, 0.1) is 0 Å². The largest absolute Gasteiger partial charge is 0.471 e. The third-order valence-corrected chi connectivity index (χ3v) is 3.85. The molecule has 132 valence electrons. The zero-order chi connectivity index (χ0) is 18.0. The average molecular weight is 350 g/mol. The van der Waals surface area contributed by atoms with Crippen LogP contribution >= 0.6 is 0 Å². The molecule has 3 rings (SSSR count). The normalized spacial score (nSPS) is 11.9. The van der Waals surface area contributed by atoms with Crippen molar-refractivity contribution >= 4 is 0 Å². The Hall–Kier alpha value is -2.64. The van der Waals surface area contributed by atoms with Gasteiger partial charge >= 0.3 is 12.1 Å². The van der Waals surface area contributed by atoms with E-state index in [0.717, 1.165) is 29.8 Å². The highest BCUT2D eigenvalue weighted by atomic mass is 19.4. The Morgan fingerprint density at radius 2 is 1.80 bits per heavy atom. The van der Waals surface area contributed by atoms with Crippen molar-refractivity contribution in [2.75, 3.05) is 0 Å². The molecule has 0 aliphatic carbocycles. The molecular formula is C17H17F3N4O. The summed E-state index contributed by atoms with van der Waals surface area (Å²) in [6, 6.07) is 9.09. The summed E-state index contributed by atoms with van der Waals surface area (Å²) < 4.78 is 43.8. The van der Waals surface area contributed by atoms with Crippen LogP contribution in [-0.4, -0.2) is 19.9 Å². The van der Waals surface area contributed by atoms with E-state index in [1.54, 1.807) is 12.1 Å². The van der Waals surface area contributed by atoms with Gasteiger partial charge in [-0.1, -0.05) is 43.3 Å². The molecule has 0 bridgehead atoms. The van der Waals surface area contributed by atoms with Crippen LogP contribution in [0.2, 0.25) is 0 Å².